The van der Waals surface area contributed by atoms with Crippen LogP contribution in [0.1, 0.15) is 39.5 Å². The van der Waals surface area contributed by atoms with E-state index in [1.54, 1.807) is 0 Å². The molecule has 0 aromatic carbocycles. The highest BCUT2D eigenvalue weighted by atomic mass is 16.5. The summed E-state index contributed by atoms with van der Waals surface area (Å²) in [6, 6.07) is -0.863. The standard InChI is InChI=1S/C9H17NO4.C5H8O3/c1-4-6(5-2)7(8(11)12)10-9(13)14-3;6-5(7)4-2-1-3-8-4/h6-7H,4-5H2,1-3H3,(H,10,13)(H,11,12);4H,1-3H2,(H,6,7)/t7-;4-/m00/s1. The van der Waals surface area contributed by atoms with Crippen LogP contribution in [0.25, 0.3) is 0 Å². The van der Waals surface area contributed by atoms with E-state index < -0.39 is 30.2 Å². The summed E-state index contributed by atoms with van der Waals surface area (Å²) < 4.78 is 9.17. The van der Waals surface area contributed by atoms with Gasteiger partial charge in [0.15, 0.2) is 6.10 Å². The molecule has 0 saturated carbocycles. The van der Waals surface area contributed by atoms with Crippen molar-refractivity contribution in [3.8, 4) is 0 Å². The Morgan fingerprint density at radius 2 is 1.86 bits per heavy atom. The summed E-state index contributed by atoms with van der Waals surface area (Å²) in [6.45, 7) is 4.39. The monoisotopic (exact) mass is 319 g/mol. The summed E-state index contributed by atoms with van der Waals surface area (Å²) in [4.78, 5) is 31.8. The molecule has 0 aliphatic carbocycles. The summed E-state index contributed by atoms with van der Waals surface area (Å²) in [5.41, 5.74) is 0. The van der Waals surface area contributed by atoms with Gasteiger partial charge in [0.1, 0.15) is 6.04 Å². The molecule has 1 fully saturated rings. The smallest absolute Gasteiger partial charge is 0.407 e. The molecule has 22 heavy (non-hydrogen) atoms. The quantitative estimate of drug-likeness (QED) is 0.677. The summed E-state index contributed by atoms with van der Waals surface area (Å²) in [6.07, 6.45) is 1.75. The molecule has 0 radical (unpaired) electrons. The van der Waals surface area contributed by atoms with Crippen LogP contribution in [0.4, 0.5) is 4.79 Å². The van der Waals surface area contributed by atoms with Gasteiger partial charge in [-0.05, 0) is 18.8 Å². The first-order valence-electron chi connectivity index (χ1n) is 7.28. The van der Waals surface area contributed by atoms with Crippen LogP contribution < -0.4 is 5.32 Å². The number of carbonyl (C=O) groups excluding carboxylic acids is 1. The van der Waals surface area contributed by atoms with Crippen molar-refractivity contribution in [1.82, 2.24) is 5.32 Å². The fourth-order valence-electron chi connectivity index (χ4n) is 2.10. The molecule has 0 unspecified atom stereocenters. The number of methoxy groups -OCH3 is 1. The highest BCUT2D eigenvalue weighted by Gasteiger charge is 2.27. The van der Waals surface area contributed by atoms with Crippen molar-refractivity contribution in [3.63, 3.8) is 0 Å². The zero-order valence-corrected chi connectivity index (χ0v) is 13.2. The molecule has 1 aliphatic heterocycles. The predicted octanol–water partition coefficient (Wildman–Crippen LogP) is 1.48. The Balaban J connectivity index is 0.000000461. The third-order valence-electron chi connectivity index (χ3n) is 3.45. The van der Waals surface area contributed by atoms with Crippen LogP contribution in [0.15, 0.2) is 0 Å². The number of carbonyl (C=O) groups is 3. The summed E-state index contributed by atoms with van der Waals surface area (Å²) in [5.74, 6) is -1.92. The normalized spacial score (nSPS) is 18.1. The van der Waals surface area contributed by atoms with Crippen molar-refractivity contribution < 1.29 is 34.1 Å². The van der Waals surface area contributed by atoms with Gasteiger partial charge >= 0.3 is 18.0 Å². The molecule has 8 heteroatoms. The maximum Gasteiger partial charge on any atom is 0.407 e. The van der Waals surface area contributed by atoms with Crippen molar-refractivity contribution in [1.29, 1.82) is 0 Å². The lowest BCUT2D eigenvalue weighted by Crippen LogP contribution is -2.45. The number of amides is 1. The topological polar surface area (TPSA) is 122 Å². The number of rotatable bonds is 6. The van der Waals surface area contributed by atoms with Gasteiger partial charge in [-0.1, -0.05) is 26.7 Å². The van der Waals surface area contributed by atoms with Gasteiger partial charge in [-0.25, -0.2) is 14.4 Å². The predicted molar refractivity (Wildman–Crippen MR) is 77.6 cm³/mol. The van der Waals surface area contributed by atoms with Crippen molar-refractivity contribution in [2.24, 2.45) is 5.92 Å². The number of carboxylic acid groups (broad SMARTS) is 2. The van der Waals surface area contributed by atoms with E-state index in [0.29, 0.717) is 25.9 Å². The number of alkyl carbamates (subject to hydrolysis) is 1. The molecule has 2 atom stereocenters. The fourth-order valence-corrected chi connectivity index (χ4v) is 2.10. The van der Waals surface area contributed by atoms with E-state index in [-0.39, 0.29) is 5.92 Å². The lowest BCUT2D eigenvalue weighted by Gasteiger charge is -2.21. The van der Waals surface area contributed by atoms with Crippen LogP contribution in [-0.2, 0) is 19.1 Å². The molecule has 0 bridgehead atoms. The molecule has 0 spiro atoms. The van der Waals surface area contributed by atoms with E-state index in [9.17, 15) is 14.4 Å². The second-order valence-electron chi connectivity index (χ2n) is 4.87. The average molecular weight is 319 g/mol. The van der Waals surface area contributed by atoms with Gasteiger partial charge in [-0.2, -0.15) is 0 Å². The first-order valence-corrected chi connectivity index (χ1v) is 7.28. The molecular weight excluding hydrogens is 294 g/mol. The van der Waals surface area contributed by atoms with Gasteiger partial charge in [-0.3, -0.25) is 0 Å². The zero-order chi connectivity index (χ0) is 17.1. The van der Waals surface area contributed by atoms with E-state index in [0.717, 1.165) is 6.42 Å². The third kappa shape index (κ3) is 7.26. The Hall–Kier alpha value is -1.83. The minimum atomic E-state index is -1.02. The van der Waals surface area contributed by atoms with Gasteiger partial charge in [-0.15, -0.1) is 0 Å². The first kappa shape index (κ1) is 20.2. The van der Waals surface area contributed by atoms with Gasteiger partial charge in [0, 0.05) is 6.61 Å². The lowest BCUT2D eigenvalue weighted by molar-refractivity contribution is -0.147. The van der Waals surface area contributed by atoms with Crippen LogP contribution >= 0.6 is 0 Å². The third-order valence-corrected chi connectivity index (χ3v) is 3.45. The average Bonchev–Trinajstić information content (AvgIpc) is 3.02. The highest BCUT2D eigenvalue weighted by Crippen LogP contribution is 2.13. The summed E-state index contributed by atoms with van der Waals surface area (Å²) in [5, 5.41) is 19.5. The molecular formula is C14H25NO7. The second kappa shape index (κ2) is 10.8. The molecule has 1 aliphatic rings. The van der Waals surface area contributed by atoms with Crippen LogP contribution in [0, 0.1) is 5.92 Å². The second-order valence-corrected chi connectivity index (χ2v) is 4.87. The van der Waals surface area contributed by atoms with Crippen LogP contribution in [0.3, 0.4) is 0 Å². The number of carboxylic acids is 2. The SMILES string of the molecule is CCC(CC)[C@H](NC(=O)OC)C(=O)O.O=C(O)[C@@H]1CCCO1. The molecule has 8 nitrogen and oxygen atoms in total. The largest absolute Gasteiger partial charge is 0.480 e. The van der Waals surface area contributed by atoms with Crippen LogP contribution in [0.5, 0.6) is 0 Å². The summed E-state index contributed by atoms with van der Waals surface area (Å²) >= 11 is 0. The Labute approximate surface area is 129 Å². The van der Waals surface area contributed by atoms with E-state index in [4.69, 9.17) is 14.9 Å². The molecule has 0 aromatic rings. The Bertz CT molecular complexity index is 362. The minimum absolute atomic E-state index is 0.0633. The van der Waals surface area contributed by atoms with Crippen molar-refractivity contribution in [2.45, 2.75) is 51.7 Å². The highest BCUT2D eigenvalue weighted by molar-refractivity contribution is 5.80. The maximum atomic E-state index is 10.9. The van der Waals surface area contributed by atoms with Crippen molar-refractivity contribution >= 4 is 18.0 Å². The Morgan fingerprint density at radius 1 is 1.27 bits per heavy atom. The van der Waals surface area contributed by atoms with Gasteiger partial charge < -0.3 is 25.0 Å². The lowest BCUT2D eigenvalue weighted by atomic mass is 9.94. The number of hydrogen-bond donors (Lipinski definition) is 3. The van der Waals surface area contributed by atoms with E-state index >= 15 is 0 Å². The number of nitrogens with one attached hydrogen (secondary N) is 1. The Kier molecular flexibility index (Phi) is 9.93. The van der Waals surface area contributed by atoms with E-state index in [1.165, 1.54) is 7.11 Å². The molecule has 1 heterocycles. The number of ether oxygens (including phenoxy) is 2. The molecule has 1 rings (SSSR count). The van der Waals surface area contributed by atoms with Gasteiger partial charge in [0.2, 0.25) is 0 Å². The number of hydrogen-bond acceptors (Lipinski definition) is 5. The van der Waals surface area contributed by atoms with E-state index in [1.807, 2.05) is 13.8 Å². The molecule has 128 valence electrons. The number of aliphatic carboxylic acids is 2. The minimum Gasteiger partial charge on any atom is -0.480 e. The summed E-state index contributed by atoms with van der Waals surface area (Å²) in [7, 11) is 1.21. The molecule has 1 amide bonds. The molecule has 0 aromatic heterocycles. The fraction of sp³-hybridized carbons (Fsp3) is 0.786. The van der Waals surface area contributed by atoms with E-state index in [2.05, 4.69) is 10.1 Å². The Morgan fingerprint density at radius 3 is 2.14 bits per heavy atom. The van der Waals surface area contributed by atoms with Crippen LogP contribution in [-0.4, -0.2) is 54.1 Å². The zero-order valence-electron chi connectivity index (χ0n) is 13.2. The first-order chi connectivity index (χ1) is 10.4. The molecule has 3 N–H and O–H groups in total. The molecule has 1 saturated heterocycles. The maximum absolute atomic E-state index is 10.9. The van der Waals surface area contributed by atoms with Gasteiger partial charge in [0.05, 0.1) is 7.11 Å². The van der Waals surface area contributed by atoms with Gasteiger partial charge in [0.25, 0.3) is 0 Å². The van der Waals surface area contributed by atoms with Crippen molar-refractivity contribution in [2.75, 3.05) is 13.7 Å². The van der Waals surface area contributed by atoms with Crippen LogP contribution in [0.2, 0.25) is 0 Å². The van der Waals surface area contributed by atoms with Crippen molar-refractivity contribution in [3.05, 3.63) is 0 Å².